The van der Waals surface area contributed by atoms with Gasteiger partial charge in [0.1, 0.15) is 0 Å². The first-order chi connectivity index (χ1) is 14.3. The monoisotopic (exact) mass is 427 g/mol. The number of hydrogen-bond acceptors (Lipinski definition) is 5. The van der Waals surface area contributed by atoms with Gasteiger partial charge >= 0.3 is 0 Å². The minimum atomic E-state index is 0.327. The lowest BCUT2D eigenvalue weighted by atomic mass is 10.0. The van der Waals surface area contributed by atoms with Gasteiger partial charge in [-0.25, -0.2) is 5.48 Å². The Balaban J connectivity index is 0.00000155. The summed E-state index contributed by atoms with van der Waals surface area (Å²) in [6.45, 7) is 13.8. The maximum absolute atomic E-state index is 6.43. The third-order valence-electron chi connectivity index (χ3n) is 4.66. The molecule has 2 aromatic rings. The van der Waals surface area contributed by atoms with Crippen molar-refractivity contribution in [3.8, 4) is 0 Å². The fourth-order valence-corrected chi connectivity index (χ4v) is 3.12. The zero-order valence-corrected chi connectivity index (χ0v) is 19.3. The fraction of sp³-hybridized carbons (Fsp3) is 0.348. The van der Waals surface area contributed by atoms with Gasteiger partial charge in [0.05, 0.1) is 11.2 Å². The Morgan fingerprint density at radius 2 is 2.00 bits per heavy atom. The molecule has 0 aliphatic carbocycles. The van der Waals surface area contributed by atoms with Crippen LogP contribution in [0.4, 0.5) is 0 Å². The summed E-state index contributed by atoms with van der Waals surface area (Å²) in [7, 11) is 1.90. The van der Waals surface area contributed by atoms with E-state index in [9.17, 15) is 0 Å². The largest absolute Gasteiger partial charge is 0.361 e. The van der Waals surface area contributed by atoms with Crippen molar-refractivity contribution in [3.05, 3.63) is 76.0 Å². The molecule has 0 radical (unpaired) electrons. The van der Waals surface area contributed by atoms with Crippen molar-refractivity contribution in [2.24, 2.45) is 17.0 Å². The van der Waals surface area contributed by atoms with Crippen LogP contribution in [0.15, 0.2) is 64.3 Å². The molecule has 0 saturated heterocycles. The van der Waals surface area contributed by atoms with Gasteiger partial charge in [0.15, 0.2) is 5.84 Å². The molecule has 3 rings (SSSR count). The number of allylic oxidation sites excluding steroid dienone is 2. The van der Waals surface area contributed by atoms with Crippen LogP contribution in [-0.4, -0.2) is 21.3 Å². The molecule has 30 heavy (non-hydrogen) atoms. The number of hydrogen-bond donors (Lipinski definition) is 1. The van der Waals surface area contributed by atoms with Gasteiger partial charge in [-0.05, 0) is 57.9 Å². The third kappa shape index (κ3) is 6.07. The number of nitrogens with zero attached hydrogens (tertiary/aromatic N) is 4. The van der Waals surface area contributed by atoms with E-state index in [1.54, 1.807) is 4.68 Å². The Hall–Kier alpha value is -2.86. The van der Waals surface area contributed by atoms with Crippen LogP contribution >= 0.6 is 11.6 Å². The SMILES string of the molecule is C=C1N=C(c2ccc(CC/C(C)=C(\C)N=C(C)c3cnn(C)c3)cc2Cl)NO1.CC. The molecule has 0 spiro atoms. The second-order valence-corrected chi connectivity index (χ2v) is 7.25. The van der Waals surface area contributed by atoms with Crippen molar-refractivity contribution < 1.29 is 4.84 Å². The molecule has 1 N–H and O–H groups in total. The normalized spacial score (nSPS) is 14.3. The van der Waals surface area contributed by atoms with Crippen LogP contribution in [0.5, 0.6) is 0 Å². The van der Waals surface area contributed by atoms with E-state index in [0.29, 0.717) is 16.7 Å². The van der Waals surface area contributed by atoms with Crippen LogP contribution in [0.2, 0.25) is 5.02 Å². The van der Waals surface area contributed by atoms with E-state index in [2.05, 4.69) is 35.1 Å². The maximum atomic E-state index is 6.43. The lowest BCUT2D eigenvalue weighted by Gasteiger charge is -2.08. The Kier molecular flexibility index (Phi) is 8.42. The smallest absolute Gasteiger partial charge is 0.240 e. The molecule has 6 nitrogen and oxygen atoms in total. The van der Waals surface area contributed by atoms with Crippen LogP contribution in [0.25, 0.3) is 0 Å². The topological polar surface area (TPSA) is 63.8 Å². The highest BCUT2D eigenvalue weighted by atomic mass is 35.5. The first-order valence-corrected chi connectivity index (χ1v) is 10.4. The van der Waals surface area contributed by atoms with Crippen molar-refractivity contribution in [1.29, 1.82) is 0 Å². The lowest BCUT2D eigenvalue weighted by molar-refractivity contribution is 0.179. The fourth-order valence-electron chi connectivity index (χ4n) is 2.83. The quantitative estimate of drug-likeness (QED) is 0.611. The van der Waals surface area contributed by atoms with Crippen molar-refractivity contribution in [2.45, 2.75) is 47.5 Å². The highest BCUT2D eigenvalue weighted by Crippen LogP contribution is 2.23. The van der Waals surface area contributed by atoms with Gasteiger partial charge in [0.25, 0.3) is 0 Å². The minimum absolute atomic E-state index is 0.327. The van der Waals surface area contributed by atoms with Gasteiger partial charge in [0.2, 0.25) is 5.88 Å². The van der Waals surface area contributed by atoms with Crippen molar-refractivity contribution in [3.63, 3.8) is 0 Å². The Morgan fingerprint density at radius 3 is 2.57 bits per heavy atom. The molecule has 160 valence electrons. The summed E-state index contributed by atoms with van der Waals surface area (Å²) in [6.07, 6.45) is 5.59. The minimum Gasteiger partial charge on any atom is -0.361 e. The molecule has 1 aliphatic rings. The average molecular weight is 428 g/mol. The van der Waals surface area contributed by atoms with E-state index in [4.69, 9.17) is 21.4 Å². The summed E-state index contributed by atoms with van der Waals surface area (Å²) in [4.78, 5) is 14.0. The molecule has 0 fully saturated rings. The molecule has 0 unspecified atom stereocenters. The Labute approximate surface area is 184 Å². The predicted molar refractivity (Wildman–Crippen MR) is 125 cm³/mol. The average Bonchev–Trinajstić information content (AvgIpc) is 3.36. The number of hydroxylamine groups is 1. The van der Waals surface area contributed by atoms with Crippen LogP contribution in [0, 0.1) is 0 Å². The van der Waals surface area contributed by atoms with Gasteiger partial charge in [0, 0.05) is 35.8 Å². The maximum Gasteiger partial charge on any atom is 0.240 e. The molecular weight excluding hydrogens is 398 g/mol. The van der Waals surface area contributed by atoms with Crippen molar-refractivity contribution in [2.75, 3.05) is 0 Å². The summed E-state index contributed by atoms with van der Waals surface area (Å²) < 4.78 is 1.78. The van der Waals surface area contributed by atoms with Crippen LogP contribution in [0.3, 0.4) is 0 Å². The van der Waals surface area contributed by atoms with Crippen LogP contribution in [-0.2, 0) is 18.3 Å². The molecule has 0 saturated carbocycles. The summed E-state index contributed by atoms with van der Waals surface area (Å²) in [5.74, 6) is 0.905. The summed E-state index contributed by atoms with van der Waals surface area (Å²) in [5, 5.41) is 4.83. The van der Waals surface area contributed by atoms with Gasteiger partial charge in [-0.1, -0.05) is 37.1 Å². The van der Waals surface area contributed by atoms with Gasteiger partial charge in [-0.15, -0.1) is 0 Å². The molecule has 1 aromatic heterocycles. The number of aryl methyl sites for hydroxylation is 2. The van der Waals surface area contributed by atoms with Gasteiger partial charge < -0.3 is 4.84 Å². The summed E-state index contributed by atoms with van der Waals surface area (Å²) in [6, 6.07) is 5.97. The van der Waals surface area contributed by atoms with E-state index < -0.39 is 0 Å². The number of nitrogens with one attached hydrogen (secondary N) is 1. The zero-order chi connectivity index (χ0) is 22.3. The predicted octanol–water partition coefficient (Wildman–Crippen LogP) is 5.59. The van der Waals surface area contributed by atoms with E-state index >= 15 is 0 Å². The van der Waals surface area contributed by atoms with E-state index in [1.807, 2.05) is 59.3 Å². The van der Waals surface area contributed by atoms with Crippen LogP contribution < -0.4 is 5.48 Å². The molecule has 2 heterocycles. The number of halogens is 1. The number of aromatic nitrogens is 2. The van der Waals surface area contributed by atoms with E-state index in [0.717, 1.165) is 40.9 Å². The van der Waals surface area contributed by atoms with E-state index in [1.165, 1.54) is 5.57 Å². The van der Waals surface area contributed by atoms with Crippen LogP contribution in [0.1, 0.15) is 57.7 Å². The number of benzene rings is 1. The molecule has 7 heteroatoms. The summed E-state index contributed by atoms with van der Waals surface area (Å²) in [5.41, 5.74) is 8.95. The number of aliphatic imine (C=N–C) groups is 2. The lowest BCUT2D eigenvalue weighted by Crippen LogP contribution is -2.17. The third-order valence-corrected chi connectivity index (χ3v) is 4.97. The zero-order valence-electron chi connectivity index (χ0n) is 18.6. The molecule has 0 bridgehead atoms. The Morgan fingerprint density at radius 1 is 1.27 bits per heavy atom. The molecule has 0 amide bonds. The molecule has 0 atom stereocenters. The molecule has 1 aliphatic heterocycles. The van der Waals surface area contributed by atoms with Crippen molar-refractivity contribution in [1.82, 2.24) is 15.3 Å². The highest BCUT2D eigenvalue weighted by Gasteiger charge is 2.15. The number of amidine groups is 1. The first kappa shape index (κ1) is 23.4. The van der Waals surface area contributed by atoms with Crippen molar-refractivity contribution >= 4 is 23.1 Å². The van der Waals surface area contributed by atoms with Gasteiger partial charge in [-0.3, -0.25) is 9.67 Å². The first-order valence-electron chi connectivity index (χ1n) is 10.0. The molecular formula is C23H30ClN5O. The molecule has 1 aromatic carbocycles. The second kappa shape index (κ2) is 10.8. The van der Waals surface area contributed by atoms with E-state index in [-0.39, 0.29) is 0 Å². The summed E-state index contributed by atoms with van der Waals surface area (Å²) >= 11 is 6.43. The Bertz CT molecular complexity index is 1000. The highest BCUT2D eigenvalue weighted by molar-refractivity contribution is 6.34. The second-order valence-electron chi connectivity index (χ2n) is 6.84. The van der Waals surface area contributed by atoms with Gasteiger partial charge in [-0.2, -0.15) is 10.1 Å². The standard InChI is InChI=1S/C21H24ClN5O.C2H6/c1-13(14(2)24-15(3)18-11-23-27(5)12-18)6-7-17-8-9-19(20(22)10-17)21-25-16(4)28-26-21;1-2/h8-12H,4,6-7H2,1-3,5H3,(H,25,26);1-2H3/b14-13+,24-15?;. The number of rotatable bonds is 6.